The lowest BCUT2D eigenvalue weighted by molar-refractivity contribution is -0.164. The van der Waals surface area contributed by atoms with E-state index in [2.05, 4.69) is 5.32 Å². The van der Waals surface area contributed by atoms with Crippen LogP contribution < -0.4 is 5.32 Å². The zero-order valence-electron chi connectivity index (χ0n) is 15.7. The summed E-state index contributed by atoms with van der Waals surface area (Å²) in [5, 5.41) is 34.5. The Hall–Kier alpha value is -0.690. The molecule has 24 heavy (non-hydrogen) atoms. The van der Waals surface area contributed by atoms with Crippen LogP contribution in [0.1, 0.15) is 60.3 Å². The van der Waals surface area contributed by atoms with Crippen molar-refractivity contribution in [2.45, 2.75) is 83.6 Å². The number of aliphatic hydroxyl groups excluding tert-OH is 1. The molecule has 3 unspecified atom stereocenters. The van der Waals surface area contributed by atoms with Crippen LogP contribution in [0, 0.1) is 11.8 Å². The normalized spacial score (nSPS) is 44.2. The Bertz CT molecular complexity index is 410. The lowest BCUT2D eigenvalue weighted by Crippen LogP contribution is -2.54. The molecular weight excluding hydrogens is 310 g/mol. The fourth-order valence-electron chi connectivity index (χ4n) is 3.31. The van der Waals surface area contributed by atoms with Crippen molar-refractivity contribution >= 4 is 5.97 Å². The molecule has 0 saturated carbocycles. The van der Waals surface area contributed by atoms with E-state index >= 15 is 0 Å². The maximum atomic E-state index is 12.0. The summed E-state index contributed by atoms with van der Waals surface area (Å²) in [6.45, 7) is 9.30. The van der Waals surface area contributed by atoms with Crippen LogP contribution in [0.4, 0.5) is 0 Å². The van der Waals surface area contributed by atoms with E-state index in [9.17, 15) is 20.1 Å². The number of hydrogen-bond donors (Lipinski definition) is 4. The van der Waals surface area contributed by atoms with Gasteiger partial charge in [0, 0.05) is 6.04 Å². The van der Waals surface area contributed by atoms with E-state index in [0.717, 1.165) is 6.42 Å². The van der Waals surface area contributed by atoms with Crippen molar-refractivity contribution in [3.05, 3.63) is 0 Å². The van der Waals surface area contributed by atoms with E-state index in [0.29, 0.717) is 25.8 Å². The topological polar surface area (TPSA) is 99.0 Å². The quantitative estimate of drug-likeness (QED) is 0.493. The second-order valence-electron chi connectivity index (χ2n) is 8.21. The zero-order chi connectivity index (χ0) is 18.5. The van der Waals surface area contributed by atoms with Crippen molar-refractivity contribution < 1.29 is 24.9 Å². The maximum Gasteiger partial charge on any atom is 0.308 e. The average Bonchev–Trinajstić information content (AvgIpc) is 2.47. The van der Waals surface area contributed by atoms with Gasteiger partial charge in [-0.25, -0.2) is 0 Å². The van der Waals surface area contributed by atoms with Crippen LogP contribution in [0.2, 0.25) is 0 Å². The molecule has 0 aliphatic carbocycles. The van der Waals surface area contributed by atoms with Gasteiger partial charge >= 0.3 is 5.97 Å². The predicted octanol–water partition coefficient (Wildman–Crippen LogP) is 1.22. The first-order valence-electron chi connectivity index (χ1n) is 8.97. The first-order valence-corrected chi connectivity index (χ1v) is 8.97. The van der Waals surface area contributed by atoms with Gasteiger partial charge < -0.3 is 25.4 Å². The highest BCUT2D eigenvalue weighted by Gasteiger charge is 2.36. The standard InChI is InChI=1S/C18H35NO5/c1-12-9-17(4,22)8-6-7-13(2)16(21)24-11-18(5,23)15(20)14(3)19-10-12/h12-15,19-20,22-23H,6-11H2,1-5H3/t12-,13?,14?,15?,17+,18-/m1/s1. The van der Waals surface area contributed by atoms with Gasteiger partial charge in [0.05, 0.1) is 11.5 Å². The number of carbonyl (C=O) groups is 1. The summed E-state index contributed by atoms with van der Waals surface area (Å²) in [5.74, 6) is -0.460. The van der Waals surface area contributed by atoms with Crippen molar-refractivity contribution in [3.63, 3.8) is 0 Å². The van der Waals surface area contributed by atoms with E-state index in [1.807, 2.05) is 13.8 Å². The maximum absolute atomic E-state index is 12.0. The molecule has 0 aromatic carbocycles. The van der Waals surface area contributed by atoms with Crippen LogP contribution >= 0.6 is 0 Å². The van der Waals surface area contributed by atoms with Gasteiger partial charge in [0.1, 0.15) is 18.3 Å². The molecule has 0 amide bonds. The molecule has 1 aliphatic rings. The number of cyclic esters (lactones) is 1. The third-order valence-electron chi connectivity index (χ3n) is 4.95. The van der Waals surface area contributed by atoms with E-state index in [-0.39, 0.29) is 30.5 Å². The molecule has 0 aromatic rings. The van der Waals surface area contributed by atoms with Crippen LogP contribution in [0.3, 0.4) is 0 Å². The van der Waals surface area contributed by atoms with Crippen molar-refractivity contribution in [1.29, 1.82) is 0 Å². The summed E-state index contributed by atoms with van der Waals surface area (Å²) in [7, 11) is 0. The second-order valence-corrected chi connectivity index (χ2v) is 8.21. The predicted molar refractivity (Wildman–Crippen MR) is 92.5 cm³/mol. The van der Waals surface area contributed by atoms with Gasteiger partial charge in [-0.3, -0.25) is 4.79 Å². The number of carbonyl (C=O) groups excluding carboxylic acids is 1. The number of esters is 1. The minimum atomic E-state index is -1.52. The van der Waals surface area contributed by atoms with Crippen LogP contribution in [-0.2, 0) is 9.53 Å². The fraction of sp³-hybridized carbons (Fsp3) is 0.944. The highest BCUT2D eigenvalue weighted by atomic mass is 16.5. The van der Waals surface area contributed by atoms with Gasteiger partial charge in [-0.05, 0) is 58.9 Å². The molecule has 1 fully saturated rings. The monoisotopic (exact) mass is 345 g/mol. The van der Waals surface area contributed by atoms with Gasteiger partial charge in [0.15, 0.2) is 0 Å². The molecule has 4 N–H and O–H groups in total. The van der Waals surface area contributed by atoms with Gasteiger partial charge in [-0.15, -0.1) is 0 Å². The lowest BCUT2D eigenvalue weighted by atomic mass is 9.87. The summed E-state index contributed by atoms with van der Waals surface area (Å²) in [5.41, 5.74) is -2.30. The molecule has 1 rings (SSSR count). The van der Waals surface area contributed by atoms with Crippen molar-refractivity contribution in [2.75, 3.05) is 13.2 Å². The van der Waals surface area contributed by atoms with Gasteiger partial charge in [0.25, 0.3) is 0 Å². The van der Waals surface area contributed by atoms with E-state index in [1.165, 1.54) is 6.92 Å². The number of hydrogen-bond acceptors (Lipinski definition) is 6. The van der Waals surface area contributed by atoms with Crippen LogP contribution in [0.5, 0.6) is 0 Å². The van der Waals surface area contributed by atoms with Gasteiger partial charge in [-0.2, -0.15) is 0 Å². The van der Waals surface area contributed by atoms with Crippen LogP contribution in [0.25, 0.3) is 0 Å². The van der Waals surface area contributed by atoms with Crippen LogP contribution in [-0.4, -0.2) is 57.8 Å². The number of rotatable bonds is 0. The Labute approximate surface area is 145 Å². The Morgan fingerprint density at radius 1 is 1.21 bits per heavy atom. The third-order valence-corrected chi connectivity index (χ3v) is 4.95. The average molecular weight is 345 g/mol. The molecule has 0 aromatic heterocycles. The SMILES string of the molecule is CC1CCC[C@](C)(O)C[C@@H](C)CNC(C)C(O)[C@](C)(O)COC1=O. The fourth-order valence-corrected chi connectivity index (χ4v) is 3.31. The molecule has 0 radical (unpaired) electrons. The Balaban J connectivity index is 2.85. The third kappa shape index (κ3) is 6.67. The molecule has 142 valence electrons. The van der Waals surface area contributed by atoms with Gasteiger partial charge in [-0.1, -0.05) is 13.8 Å². The number of nitrogens with one attached hydrogen (secondary N) is 1. The van der Waals surface area contributed by atoms with E-state index in [1.54, 1.807) is 13.8 Å². The first kappa shape index (κ1) is 21.4. The number of aliphatic hydroxyl groups is 3. The second kappa shape index (κ2) is 8.61. The summed E-state index contributed by atoms with van der Waals surface area (Å²) >= 11 is 0. The van der Waals surface area contributed by atoms with Crippen LogP contribution in [0.15, 0.2) is 0 Å². The summed E-state index contributed by atoms with van der Waals surface area (Å²) in [6.07, 6.45) is 1.56. The highest BCUT2D eigenvalue weighted by Crippen LogP contribution is 2.25. The molecule has 1 heterocycles. The molecule has 6 atom stereocenters. The molecule has 6 heteroatoms. The Kier molecular flexibility index (Phi) is 7.66. The molecule has 6 nitrogen and oxygen atoms in total. The molecule has 1 saturated heterocycles. The molecule has 1 aliphatic heterocycles. The summed E-state index contributed by atoms with van der Waals surface area (Å²) in [4.78, 5) is 12.0. The Morgan fingerprint density at radius 2 is 1.83 bits per heavy atom. The van der Waals surface area contributed by atoms with Crippen molar-refractivity contribution in [3.8, 4) is 0 Å². The number of ether oxygens (including phenoxy) is 1. The largest absolute Gasteiger partial charge is 0.462 e. The van der Waals surface area contributed by atoms with E-state index < -0.39 is 17.3 Å². The minimum Gasteiger partial charge on any atom is -0.462 e. The smallest absolute Gasteiger partial charge is 0.308 e. The van der Waals surface area contributed by atoms with E-state index in [4.69, 9.17) is 4.74 Å². The first-order chi connectivity index (χ1) is 10.9. The lowest BCUT2D eigenvalue weighted by Gasteiger charge is -2.34. The molecule has 0 bridgehead atoms. The molecule has 0 spiro atoms. The molecular formula is C18H35NO5. The minimum absolute atomic E-state index is 0.222. The van der Waals surface area contributed by atoms with Gasteiger partial charge in [0.2, 0.25) is 0 Å². The van der Waals surface area contributed by atoms with Crippen molar-refractivity contribution in [2.24, 2.45) is 11.8 Å². The van der Waals surface area contributed by atoms with Crippen molar-refractivity contribution in [1.82, 2.24) is 5.32 Å². The highest BCUT2D eigenvalue weighted by molar-refractivity contribution is 5.71. The summed E-state index contributed by atoms with van der Waals surface area (Å²) in [6, 6.07) is -0.367. The zero-order valence-corrected chi connectivity index (χ0v) is 15.7. The summed E-state index contributed by atoms with van der Waals surface area (Å²) < 4.78 is 5.20. The Morgan fingerprint density at radius 3 is 2.46 bits per heavy atom.